The van der Waals surface area contributed by atoms with Crippen molar-refractivity contribution >= 4 is 21.6 Å². The Bertz CT molecular complexity index is 307. The van der Waals surface area contributed by atoms with Crippen LogP contribution >= 0.6 is 15.9 Å². The van der Waals surface area contributed by atoms with Gasteiger partial charge in [-0.2, -0.15) is 0 Å². The maximum Gasteiger partial charge on any atom is 0.0811 e. The molecule has 0 aromatic heterocycles. The molecule has 0 aliphatic rings. The first-order chi connectivity index (χ1) is 7.02. The highest BCUT2D eigenvalue weighted by Crippen LogP contribution is 2.17. The van der Waals surface area contributed by atoms with Gasteiger partial charge in [0.2, 0.25) is 0 Å². The molecule has 0 saturated carbocycles. The first-order valence-corrected chi connectivity index (χ1v) is 6.18. The van der Waals surface area contributed by atoms with Crippen molar-refractivity contribution < 1.29 is 5.11 Å². The van der Waals surface area contributed by atoms with Gasteiger partial charge in [0.25, 0.3) is 0 Å². The molecule has 1 atom stereocenters. The number of aryl methyl sites for hydroxylation is 2. The molecule has 0 radical (unpaired) electrons. The van der Waals surface area contributed by atoms with Gasteiger partial charge in [0.1, 0.15) is 0 Å². The Labute approximate surface area is 100 Å². The smallest absolute Gasteiger partial charge is 0.0811 e. The number of hydrogen-bond donors (Lipinski definition) is 1. The summed E-state index contributed by atoms with van der Waals surface area (Å²) >= 11 is 3.27. The summed E-state index contributed by atoms with van der Waals surface area (Å²) in [6, 6.07) is 6.42. The second kappa shape index (κ2) is 5.52. The average molecular weight is 272 g/mol. The lowest BCUT2D eigenvalue weighted by Crippen LogP contribution is -2.29. The molecular weight excluding hydrogens is 254 g/mol. The van der Waals surface area contributed by atoms with E-state index in [0.717, 1.165) is 5.69 Å². The summed E-state index contributed by atoms with van der Waals surface area (Å²) in [5.74, 6) is 0. The summed E-state index contributed by atoms with van der Waals surface area (Å²) in [5.41, 5.74) is 3.67. The summed E-state index contributed by atoms with van der Waals surface area (Å²) in [5, 5.41) is 10.2. The van der Waals surface area contributed by atoms with Crippen LogP contribution in [0.4, 0.5) is 5.69 Å². The minimum Gasteiger partial charge on any atom is -0.390 e. The van der Waals surface area contributed by atoms with Gasteiger partial charge in [-0.25, -0.2) is 0 Å². The molecule has 1 unspecified atom stereocenters. The van der Waals surface area contributed by atoms with Gasteiger partial charge in [-0.05, 0) is 37.1 Å². The van der Waals surface area contributed by atoms with E-state index in [1.54, 1.807) is 0 Å². The van der Waals surface area contributed by atoms with Crippen molar-refractivity contribution in [1.82, 2.24) is 0 Å². The van der Waals surface area contributed by atoms with Crippen LogP contribution in [0.3, 0.4) is 0 Å². The second-order valence-electron chi connectivity index (χ2n) is 4.03. The SMILES string of the molecule is Cc1cc(C)cc(N(C)CC(O)CBr)c1. The lowest BCUT2D eigenvalue weighted by atomic mass is 10.1. The molecule has 84 valence electrons. The number of nitrogens with zero attached hydrogens (tertiary/aromatic N) is 1. The van der Waals surface area contributed by atoms with E-state index in [1.165, 1.54) is 11.1 Å². The Balaban J connectivity index is 2.77. The third-order valence-corrected chi connectivity index (χ3v) is 3.06. The maximum atomic E-state index is 9.54. The Morgan fingerprint density at radius 1 is 1.27 bits per heavy atom. The number of anilines is 1. The van der Waals surface area contributed by atoms with Crippen LogP contribution in [-0.4, -0.2) is 30.1 Å². The molecule has 1 aromatic rings. The molecule has 0 aliphatic carbocycles. The molecule has 0 saturated heterocycles. The summed E-state index contributed by atoms with van der Waals surface area (Å²) in [7, 11) is 2.00. The summed E-state index contributed by atoms with van der Waals surface area (Å²) in [6.07, 6.45) is -0.323. The molecule has 3 heteroatoms. The molecule has 0 spiro atoms. The zero-order chi connectivity index (χ0) is 11.4. The van der Waals surface area contributed by atoms with E-state index in [9.17, 15) is 5.11 Å². The number of aliphatic hydroxyl groups excluding tert-OH is 1. The molecule has 1 N–H and O–H groups in total. The molecule has 0 heterocycles. The predicted molar refractivity (Wildman–Crippen MR) is 69.0 cm³/mol. The first kappa shape index (κ1) is 12.5. The molecular formula is C12H18BrNO. The van der Waals surface area contributed by atoms with Crippen molar-refractivity contribution in [3.05, 3.63) is 29.3 Å². The fraction of sp³-hybridized carbons (Fsp3) is 0.500. The van der Waals surface area contributed by atoms with Gasteiger partial charge in [0.15, 0.2) is 0 Å². The number of halogens is 1. The van der Waals surface area contributed by atoms with E-state index >= 15 is 0 Å². The van der Waals surface area contributed by atoms with Crippen LogP contribution in [0.5, 0.6) is 0 Å². The van der Waals surface area contributed by atoms with E-state index in [2.05, 4.69) is 52.9 Å². The maximum absolute atomic E-state index is 9.54. The number of aliphatic hydroxyl groups is 1. The molecule has 15 heavy (non-hydrogen) atoms. The van der Waals surface area contributed by atoms with Crippen LogP contribution in [0.2, 0.25) is 0 Å². The second-order valence-corrected chi connectivity index (χ2v) is 4.68. The standard InChI is InChI=1S/C12H18BrNO/c1-9-4-10(2)6-11(5-9)14(3)8-12(15)7-13/h4-6,12,15H,7-8H2,1-3H3. The molecule has 0 fully saturated rings. The summed E-state index contributed by atoms with van der Waals surface area (Å²) in [4.78, 5) is 2.08. The van der Waals surface area contributed by atoms with Crippen LogP contribution in [0.25, 0.3) is 0 Å². The van der Waals surface area contributed by atoms with Crippen molar-refractivity contribution in [2.75, 3.05) is 23.8 Å². The van der Waals surface area contributed by atoms with Gasteiger partial charge in [0.05, 0.1) is 6.10 Å². The quantitative estimate of drug-likeness (QED) is 0.851. The number of hydrogen-bond acceptors (Lipinski definition) is 2. The van der Waals surface area contributed by atoms with E-state index in [4.69, 9.17) is 0 Å². The van der Waals surface area contributed by atoms with Crippen molar-refractivity contribution in [1.29, 1.82) is 0 Å². The van der Waals surface area contributed by atoms with Crippen LogP contribution in [0.1, 0.15) is 11.1 Å². The van der Waals surface area contributed by atoms with Gasteiger partial charge in [-0.15, -0.1) is 0 Å². The summed E-state index contributed by atoms with van der Waals surface area (Å²) in [6.45, 7) is 4.82. The van der Waals surface area contributed by atoms with Crippen LogP contribution < -0.4 is 4.90 Å². The predicted octanol–water partition coefficient (Wildman–Crippen LogP) is 2.50. The zero-order valence-electron chi connectivity index (χ0n) is 9.50. The van der Waals surface area contributed by atoms with E-state index in [1.807, 2.05) is 7.05 Å². The average Bonchev–Trinajstić information content (AvgIpc) is 2.16. The van der Waals surface area contributed by atoms with Gasteiger partial charge in [-0.3, -0.25) is 0 Å². The number of alkyl halides is 1. The fourth-order valence-electron chi connectivity index (χ4n) is 1.64. The Morgan fingerprint density at radius 2 is 1.80 bits per heavy atom. The lowest BCUT2D eigenvalue weighted by molar-refractivity contribution is 0.207. The zero-order valence-corrected chi connectivity index (χ0v) is 11.1. The van der Waals surface area contributed by atoms with Crippen LogP contribution in [0.15, 0.2) is 18.2 Å². The highest BCUT2D eigenvalue weighted by atomic mass is 79.9. The molecule has 0 amide bonds. The first-order valence-electron chi connectivity index (χ1n) is 5.06. The highest BCUT2D eigenvalue weighted by Gasteiger charge is 2.07. The number of likely N-dealkylation sites (N-methyl/N-ethyl adjacent to an activating group) is 1. The Hall–Kier alpha value is -0.540. The number of benzene rings is 1. The highest BCUT2D eigenvalue weighted by molar-refractivity contribution is 9.09. The third-order valence-electron chi connectivity index (χ3n) is 2.31. The Kier molecular flexibility index (Phi) is 4.61. The van der Waals surface area contributed by atoms with Crippen molar-refractivity contribution in [2.45, 2.75) is 20.0 Å². The van der Waals surface area contributed by atoms with Gasteiger partial charge >= 0.3 is 0 Å². The Morgan fingerprint density at radius 3 is 2.27 bits per heavy atom. The van der Waals surface area contributed by atoms with Crippen molar-refractivity contribution in [3.8, 4) is 0 Å². The minimum atomic E-state index is -0.323. The monoisotopic (exact) mass is 271 g/mol. The molecule has 0 aliphatic heterocycles. The fourth-order valence-corrected chi connectivity index (χ4v) is 1.85. The normalized spacial score (nSPS) is 12.6. The van der Waals surface area contributed by atoms with Crippen LogP contribution in [0, 0.1) is 13.8 Å². The van der Waals surface area contributed by atoms with Gasteiger partial charge in [0, 0.05) is 24.6 Å². The van der Waals surface area contributed by atoms with Crippen molar-refractivity contribution in [2.24, 2.45) is 0 Å². The topological polar surface area (TPSA) is 23.5 Å². The van der Waals surface area contributed by atoms with E-state index < -0.39 is 0 Å². The minimum absolute atomic E-state index is 0.323. The lowest BCUT2D eigenvalue weighted by Gasteiger charge is -2.22. The molecule has 0 bridgehead atoms. The van der Waals surface area contributed by atoms with E-state index in [0.29, 0.717) is 11.9 Å². The third kappa shape index (κ3) is 3.84. The van der Waals surface area contributed by atoms with Crippen molar-refractivity contribution in [3.63, 3.8) is 0 Å². The molecule has 1 aromatic carbocycles. The van der Waals surface area contributed by atoms with Crippen LogP contribution in [-0.2, 0) is 0 Å². The van der Waals surface area contributed by atoms with Gasteiger partial charge < -0.3 is 10.0 Å². The molecule has 2 nitrogen and oxygen atoms in total. The summed E-state index contributed by atoms with van der Waals surface area (Å²) < 4.78 is 0. The van der Waals surface area contributed by atoms with E-state index in [-0.39, 0.29) is 6.10 Å². The number of rotatable bonds is 4. The largest absolute Gasteiger partial charge is 0.390 e. The molecule has 1 rings (SSSR count). The van der Waals surface area contributed by atoms with Gasteiger partial charge in [-0.1, -0.05) is 22.0 Å².